The number of fused-ring (bicyclic) bond motifs is 8. The Labute approximate surface area is 357 Å². The highest BCUT2D eigenvalue weighted by Crippen LogP contribution is 2.57. The van der Waals surface area contributed by atoms with Crippen LogP contribution in [0.5, 0.6) is 0 Å². The van der Waals surface area contributed by atoms with Gasteiger partial charge in [-0.25, -0.2) is 10.4 Å². The SMILES string of the molecule is CCn1c(-c2cc(N3CCN(C)CC3)cnc2[C@H](C)OC)c2c3cc(ccc31)-c1csc(n1)C[C@H](NC(=O)[C@H]1C[C@@H]1C)C(=O)N1C[C@@]3(C)C[C@H]3[C@H](N1)C(=O)OCC(C)(C)C2. The molecule has 2 saturated heterocycles. The predicted octanol–water partition coefficient (Wildman–Crippen LogP) is 5.86. The first kappa shape index (κ1) is 41.0. The summed E-state index contributed by atoms with van der Waals surface area (Å²) in [5.41, 5.74) is 10.8. The van der Waals surface area contributed by atoms with Gasteiger partial charge in [0.25, 0.3) is 5.91 Å². The van der Waals surface area contributed by atoms with Gasteiger partial charge in [-0.3, -0.25) is 24.4 Å². The molecule has 320 valence electrons. The number of nitrogens with zero attached hydrogens (tertiary/aromatic N) is 6. The van der Waals surface area contributed by atoms with Crippen molar-refractivity contribution in [1.82, 2.24) is 35.2 Å². The standard InChI is InChI=1S/C46H60N8O5S/c1-9-53-37-11-10-28-17-31(37)33(41(53)32-18-29(22-47-39(32)27(3)58-8)52-14-12-51(7)13-15-52)20-45(4,5)25-59-44(57)40-34-21-46(34,6)24-54(50-40)43(56)35(19-38-48-36(28)23-60-38)49-42(55)30-16-26(30)2/h10-11,17-18,22-23,26-27,30,34-35,40,50H,9,12-16,19-21,24-25H2,1-8H3,(H,49,55)/t26-,27-,30-,34-,35-,40-,46+/m0/s1. The van der Waals surface area contributed by atoms with Crippen LogP contribution in [0.2, 0.25) is 0 Å². The maximum atomic E-state index is 14.4. The monoisotopic (exact) mass is 836 g/mol. The summed E-state index contributed by atoms with van der Waals surface area (Å²) in [6.45, 7) is 17.9. The molecule has 2 saturated carbocycles. The van der Waals surface area contributed by atoms with Gasteiger partial charge in [0.05, 0.1) is 46.7 Å². The number of amides is 2. The normalized spacial score (nSPS) is 28.5. The van der Waals surface area contributed by atoms with Gasteiger partial charge >= 0.3 is 5.97 Å². The second-order valence-corrected chi connectivity index (χ2v) is 20.2. The zero-order valence-corrected chi connectivity index (χ0v) is 37.2. The number of thiazole rings is 1. The third-order valence-electron chi connectivity index (χ3n) is 14.0. The largest absolute Gasteiger partial charge is 0.464 e. The van der Waals surface area contributed by atoms with Crippen molar-refractivity contribution in [3.05, 3.63) is 52.1 Å². The zero-order chi connectivity index (χ0) is 42.2. The molecular formula is C46H60N8O5S. The summed E-state index contributed by atoms with van der Waals surface area (Å²) in [6.07, 6.45) is 4.24. The number of cyclic esters (lactones) is 1. The molecule has 14 heteroatoms. The molecule has 60 heavy (non-hydrogen) atoms. The molecule has 1 aromatic carbocycles. The molecule has 9 rings (SSSR count). The number of hydrogen-bond acceptors (Lipinski definition) is 11. The fourth-order valence-electron chi connectivity index (χ4n) is 9.85. The Morgan fingerprint density at radius 2 is 1.92 bits per heavy atom. The zero-order valence-electron chi connectivity index (χ0n) is 36.3. The minimum Gasteiger partial charge on any atom is -0.464 e. The highest BCUT2D eigenvalue weighted by molar-refractivity contribution is 7.10. The number of nitrogens with one attached hydrogen (secondary N) is 2. The highest BCUT2D eigenvalue weighted by atomic mass is 32.1. The van der Waals surface area contributed by atoms with Crippen LogP contribution in [-0.2, 0) is 43.2 Å². The molecule has 4 fully saturated rings. The van der Waals surface area contributed by atoms with E-state index in [1.165, 1.54) is 11.3 Å². The number of pyridine rings is 1. The smallest absolute Gasteiger partial charge is 0.325 e. The predicted molar refractivity (Wildman–Crippen MR) is 233 cm³/mol. The Morgan fingerprint density at radius 3 is 2.63 bits per heavy atom. The number of aromatic nitrogens is 3. The van der Waals surface area contributed by atoms with Crippen molar-refractivity contribution in [2.75, 3.05) is 58.4 Å². The lowest BCUT2D eigenvalue weighted by Crippen LogP contribution is -2.62. The van der Waals surface area contributed by atoms with Crippen LogP contribution in [0.3, 0.4) is 0 Å². The minimum atomic E-state index is -0.834. The fourth-order valence-corrected chi connectivity index (χ4v) is 10.7. The number of esters is 1. The van der Waals surface area contributed by atoms with E-state index in [1.807, 2.05) is 6.20 Å². The number of piperazine rings is 1. The minimum absolute atomic E-state index is 0.0541. The molecule has 7 atom stereocenters. The summed E-state index contributed by atoms with van der Waals surface area (Å²) in [5.74, 6) is -0.462. The maximum Gasteiger partial charge on any atom is 0.325 e. The van der Waals surface area contributed by atoms with E-state index in [2.05, 4.69) is 103 Å². The van der Waals surface area contributed by atoms with E-state index < -0.39 is 17.5 Å². The first-order valence-corrected chi connectivity index (χ1v) is 22.7. The Bertz CT molecular complexity index is 2330. The number of carbonyl (C=O) groups is 3. The molecule has 13 nitrogen and oxygen atoms in total. The quantitative estimate of drug-likeness (QED) is 0.218. The van der Waals surface area contributed by atoms with E-state index in [1.54, 1.807) is 12.1 Å². The van der Waals surface area contributed by atoms with Crippen LogP contribution in [0.1, 0.15) is 76.8 Å². The van der Waals surface area contributed by atoms with Gasteiger partial charge in [-0.2, -0.15) is 0 Å². The van der Waals surface area contributed by atoms with Crippen LogP contribution in [0.25, 0.3) is 33.4 Å². The molecule has 0 unspecified atom stereocenters. The van der Waals surface area contributed by atoms with E-state index in [0.29, 0.717) is 18.9 Å². The van der Waals surface area contributed by atoms with Crippen LogP contribution in [0.15, 0.2) is 35.8 Å². The van der Waals surface area contributed by atoms with Crippen LogP contribution in [0, 0.1) is 28.6 Å². The van der Waals surface area contributed by atoms with Crippen molar-refractivity contribution in [3.63, 3.8) is 0 Å². The number of aryl methyl sites for hydroxylation is 1. The topological polar surface area (TPSA) is 134 Å². The van der Waals surface area contributed by atoms with Gasteiger partial charge in [-0.15, -0.1) is 11.3 Å². The lowest BCUT2D eigenvalue weighted by molar-refractivity contribution is -0.157. The van der Waals surface area contributed by atoms with Crippen molar-refractivity contribution >= 4 is 45.7 Å². The summed E-state index contributed by atoms with van der Waals surface area (Å²) < 4.78 is 14.7. The average molecular weight is 837 g/mol. The first-order chi connectivity index (χ1) is 28.7. The third-order valence-corrected chi connectivity index (χ3v) is 14.8. The van der Waals surface area contributed by atoms with Gasteiger partial charge in [0.15, 0.2) is 0 Å². The van der Waals surface area contributed by atoms with Crippen molar-refractivity contribution in [2.45, 2.75) is 92.0 Å². The molecule has 0 spiro atoms. The van der Waals surface area contributed by atoms with Crippen LogP contribution in [0.4, 0.5) is 5.69 Å². The number of benzene rings is 1. The van der Waals surface area contributed by atoms with Crippen LogP contribution >= 0.6 is 11.3 Å². The molecule has 6 bridgehead atoms. The number of methoxy groups -OCH3 is 1. The molecule has 6 heterocycles. The molecule has 2 aliphatic carbocycles. The summed E-state index contributed by atoms with van der Waals surface area (Å²) in [5, 5.41) is 8.59. The molecular weight excluding hydrogens is 777 g/mol. The van der Waals surface area contributed by atoms with Crippen LogP contribution < -0.4 is 15.6 Å². The fraction of sp³-hybridized carbons (Fsp3) is 0.587. The van der Waals surface area contributed by atoms with Crippen molar-refractivity contribution in [1.29, 1.82) is 0 Å². The van der Waals surface area contributed by atoms with Gasteiger partial charge in [-0.1, -0.05) is 33.8 Å². The highest BCUT2D eigenvalue weighted by Gasteiger charge is 2.61. The number of hydrazine groups is 1. The third kappa shape index (κ3) is 7.62. The summed E-state index contributed by atoms with van der Waals surface area (Å²) >= 11 is 1.50. The summed E-state index contributed by atoms with van der Waals surface area (Å²) in [6, 6.07) is 7.37. The second kappa shape index (κ2) is 15.5. The van der Waals surface area contributed by atoms with E-state index >= 15 is 0 Å². The molecule has 3 aliphatic heterocycles. The molecule has 2 amide bonds. The number of carbonyl (C=O) groups excluding carboxylic acids is 3. The molecule has 2 N–H and O–H groups in total. The average Bonchev–Trinajstić information content (AvgIpc) is 4.04. The first-order valence-electron chi connectivity index (χ1n) is 21.8. The van der Waals surface area contributed by atoms with Gasteiger partial charge in [0, 0.05) is 91.5 Å². The Morgan fingerprint density at radius 1 is 1.15 bits per heavy atom. The molecule has 0 radical (unpaired) electrons. The summed E-state index contributed by atoms with van der Waals surface area (Å²) in [7, 11) is 3.90. The van der Waals surface area contributed by atoms with E-state index in [-0.39, 0.29) is 54.2 Å². The molecule has 5 aliphatic rings. The Hall–Kier alpha value is -4.37. The number of likely N-dealkylation sites (N-methyl/N-ethyl adjacent to an activating group) is 1. The Balaban J connectivity index is 1.18. The lowest BCUT2D eigenvalue weighted by Gasteiger charge is -2.38. The Kier molecular flexibility index (Phi) is 10.6. The number of rotatable bonds is 7. The maximum absolute atomic E-state index is 14.4. The van der Waals surface area contributed by atoms with Crippen molar-refractivity contribution < 1.29 is 23.9 Å². The van der Waals surface area contributed by atoms with Crippen molar-refractivity contribution in [2.24, 2.45) is 28.6 Å². The lowest BCUT2D eigenvalue weighted by atomic mass is 9.84. The van der Waals surface area contributed by atoms with Crippen molar-refractivity contribution in [3.8, 4) is 22.5 Å². The number of ether oxygens (including phenoxy) is 2. The van der Waals surface area contributed by atoms with E-state index in [0.717, 1.165) is 101 Å². The van der Waals surface area contributed by atoms with E-state index in [4.69, 9.17) is 19.4 Å². The van der Waals surface area contributed by atoms with Gasteiger partial charge in [0.2, 0.25) is 5.91 Å². The molecule has 3 aromatic heterocycles. The molecule has 4 aromatic rings. The number of anilines is 1. The van der Waals surface area contributed by atoms with Gasteiger partial charge < -0.3 is 29.2 Å². The van der Waals surface area contributed by atoms with Crippen LogP contribution in [-0.4, -0.2) is 108 Å². The number of hydrogen-bond donors (Lipinski definition) is 2. The van der Waals surface area contributed by atoms with Gasteiger partial charge in [0.1, 0.15) is 12.1 Å². The summed E-state index contributed by atoms with van der Waals surface area (Å²) in [4.78, 5) is 57.0. The van der Waals surface area contributed by atoms with E-state index in [9.17, 15) is 14.4 Å². The second-order valence-electron chi connectivity index (χ2n) is 19.3. The van der Waals surface area contributed by atoms with Gasteiger partial charge in [-0.05, 0) is 81.2 Å².